The number of nitrogens with zero attached hydrogens (tertiary/aromatic N) is 2. The Bertz CT molecular complexity index is 1190. The van der Waals surface area contributed by atoms with Crippen LogP contribution in [0.2, 0.25) is 0 Å². The number of H-pyrrole nitrogens is 1. The monoisotopic (exact) mass is 389 g/mol. The molecule has 0 unspecified atom stereocenters. The summed E-state index contributed by atoms with van der Waals surface area (Å²) in [5.41, 5.74) is 4.41. The molecule has 146 valence electrons. The van der Waals surface area contributed by atoms with E-state index in [0.717, 1.165) is 16.8 Å². The molecule has 0 aliphatic rings. The van der Waals surface area contributed by atoms with Crippen LogP contribution in [0.15, 0.2) is 55.0 Å². The molecular formula is C22H20FN5O. The molecular weight excluding hydrogens is 369 g/mol. The summed E-state index contributed by atoms with van der Waals surface area (Å²) in [7, 11) is 0. The number of amides is 1. The summed E-state index contributed by atoms with van der Waals surface area (Å²) in [6, 6.07) is 12.9. The number of pyridine rings is 1. The van der Waals surface area contributed by atoms with Crippen molar-refractivity contribution in [1.82, 2.24) is 20.3 Å². The average Bonchev–Trinajstić information content (AvgIpc) is 3.19. The molecule has 2 aromatic carbocycles. The number of hydrogen-bond acceptors (Lipinski definition) is 4. The van der Waals surface area contributed by atoms with E-state index >= 15 is 4.39 Å². The van der Waals surface area contributed by atoms with Crippen molar-refractivity contribution < 1.29 is 9.18 Å². The number of anilines is 2. The van der Waals surface area contributed by atoms with Gasteiger partial charge >= 0.3 is 0 Å². The van der Waals surface area contributed by atoms with Gasteiger partial charge in [0.15, 0.2) is 5.82 Å². The second-order valence-electron chi connectivity index (χ2n) is 6.86. The van der Waals surface area contributed by atoms with Crippen molar-refractivity contribution in [3.05, 3.63) is 83.2 Å². The molecule has 0 aliphatic carbocycles. The standard InChI is InChI=1S/C22H20FN5O/c1-13-6-7-17(14(2)9-13)28-20-16(10-18-21(19(20)23)27-12-26-18)22(29)25-11-15-5-3-4-8-24-15/h3-10,12,28H,11H2,1-2H3,(H,25,29)(H,26,27). The SMILES string of the molecule is Cc1ccc(Nc2c(C(=O)NCc3ccccn3)cc3[nH]cnc3c2F)c(C)c1. The van der Waals surface area contributed by atoms with Crippen LogP contribution in [0.3, 0.4) is 0 Å². The Kier molecular flexibility index (Phi) is 4.95. The van der Waals surface area contributed by atoms with Crippen LogP contribution in [0.5, 0.6) is 0 Å². The number of fused-ring (bicyclic) bond motifs is 1. The van der Waals surface area contributed by atoms with Crippen molar-refractivity contribution >= 4 is 28.3 Å². The molecule has 7 heteroatoms. The fraction of sp³-hybridized carbons (Fsp3) is 0.136. The maximum absolute atomic E-state index is 15.2. The Balaban J connectivity index is 1.71. The van der Waals surface area contributed by atoms with Gasteiger partial charge in [-0.15, -0.1) is 0 Å². The molecule has 0 atom stereocenters. The van der Waals surface area contributed by atoms with Crippen LogP contribution in [-0.2, 0) is 6.54 Å². The highest BCUT2D eigenvalue weighted by Crippen LogP contribution is 2.31. The quantitative estimate of drug-likeness (QED) is 0.473. The van der Waals surface area contributed by atoms with Gasteiger partial charge in [0.1, 0.15) is 5.52 Å². The summed E-state index contributed by atoms with van der Waals surface area (Å²) in [5, 5.41) is 5.90. The first-order chi connectivity index (χ1) is 14.0. The average molecular weight is 389 g/mol. The van der Waals surface area contributed by atoms with Crippen LogP contribution in [0.1, 0.15) is 27.2 Å². The first-order valence-electron chi connectivity index (χ1n) is 9.21. The van der Waals surface area contributed by atoms with E-state index in [4.69, 9.17) is 0 Å². The summed E-state index contributed by atoms with van der Waals surface area (Å²) in [5.74, 6) is -0.981. The van der Waals surface area contributed by atoms with E-state index in [-0.39, 0.29) is 23.3 Å². The van der Waals surface area contributed by atoms with Crippen molar-refractivity contribution in [2.24, 2.45) is 0 Å². The van der Waals surface area contributed by atoms with Crippen molar-refractivity contribution in [2.45, 2.75) is 20.4 Å². The Morgan fingerprint density at radius 3 is 2.76 bits per heavy atom. The Hall–Kier alpha value is -3.74. The predicted molar refractivity (Wildman–Crippen MR) is 111 cm³/mol. The lowest BCUT2D eigenvalue weighted by molar-refractivity contribution is 0.0951. The molecule has 2 heterocycles. The molecule has 0 saturated carbocycles. The highest BCUT2D eigenvalue weighted by atomic mass is 19.1. The lowest BCUT2D eigenvalue weighted by atomic mass is 10.1. The highest BCUT2D eigenvalue weighted by molar-refractivity contribution is 6.04. The minimum absolute atomic E-state index is 0.0927. The predicted octanol–water partition coefficient (Wildman–Crippen LogP) is 4.39. The van der Waals surface area contributed by atoms with Crippen LogP contribution in [0.4, 0.5) is 15.8 Å². The normalized spacial score (nSPS) is 10.9. The van der Waals surface area contributed by atoms with E-state index in [0.29, 0.717) is 11.2 Å². The second-order valence-corrected chi connectivity index (χ2v) is 6.86. The maximum Gasteiger partial charge on any atom is 0.253 e. The molecule has 0 radical (unpaired) electrons. The zero-order valence-electron chi connectivity index (χ0n) is 16.1. The number of aromatic nitrogens is 3. The molecule has 3 N–H and O–H groups in total. The Labute approximate surface area is 167 Å². The Morgan fingerprint density at radius 1 is 1.14 bits per heavy atom. The lowest BCUT2D eigenvalue weighted by Crippen LogP contribution is -2.24. The van der Waals surface area contributed by atoms with Crippen molar-refractivity contribution in [2.75, 3.05) is 5.32 Å². The first-order valence-corrected chi connectivity index (χ1v) is 9.21. The van der Waals surface area contributed by atoms with Crippen molar-refractivity contribution in [3.63, 3.8) is 0 Å². The molecule has 2 aromatic heterocycles. The first kappa shape index (κ1) is 18.6. The molecule has 0 spiro atoms. The molecule has 1 amide bonds. The molecule has 29 heavy (non-hydrogen) atoms. The van der Waals surface area contributed by atoms with Gasteiger partial charge in [0, 0.05) is 11.9 Å². The van der Waals surface area contributed by atoms with Crippen LogP contribution >= 0.6 is 0 Å². The molecule has 6 nitrogen and oxygen atoms in total. The summed E-state index contributed by atoms with van der Waals surface area (Å²) < 4.78 is 15.2. The summed E-state index contributed by atoms with van der Waals surface area (Å²) in [6.07, 6.45) is 3.06. The zero-order valence-corrected chi connectivity index (χ0v) is 16.1. The third-order valence-electron chi connectivity index (χ3n) is 4.70. The zero-order chi connectivity index (χ0) is 20.4. The Morgan fingerprint density at radius 2 is 2.00 bits per heavy atom. The second kappa shape index (κ2) is 7.71. The number of nitrogens with one attached hydrogen (secondary N) is 3. The number of carbonyl (C=O) groups is 1. The molecule has 0 aliphatic heterocycles. The summed E-state index contributed by atoms with van der Waals surface area (Å²) in [6.45, 7) is 4.16. The number of benzene rings is 2. The molecule has 4 aromatic rings. The van der Waals surface area contributed by atoms with Gasteiger partial charge in [0.05, 0.1) is 35.3 Å². The van der Waals surface area contributed by atoms with Gasteiger partial charge in [0.25, 0.3) is 5.91 Å². The van der Waals surface area contributed by atoms with E-state index < -0.39 is 11.7 Å². The van der Waals surface area contributed by atoms with Gasteiger partial charge in [-0.25, -0.2) is 9.37 Å². The third-order valence-corrected chi connectivity index (χ3v) is 4.70. The minimum atomic E-state index is -0.577. The van der Waals surface area contributed by atoms with Crippen LogP contribution < -0.4 is 10.6 Å². The fourth-order valence-corrected chi connectivity index (χ4v) is 3.20. The molecule has 0 fully saturated rings. The van der Waals surface area contributed by atoms with Crippen LogP contribution in [0.25, 0.3) is 11.0 Å². The van der Waals surface area contributed by atoms with Gasteiger partial charge in [0.2, 0.25) is 0 Å². The lowest BCUT2D eigenvalue weighted by Gasteiger charge is -2.16. The van der Waals surface area contributed by atoms with Gasteiger partial charge in [-0.3, -0.25) is 9.78 Å². The number of hydrogen-bond donors (Lipinski definition) is 3. The van der Waals surface area contributed by atoms with Gasteiger partial charge < -0.3 is 15.6 Å². The largest absolute Gasteiger partial charge is 0.352 e. The van der Waals surface area contributed by atoms with Crippen LogP contribution in [0, 0.1) is 19.7 Å². The topological polar surface area (TPSA) is 82.7 Å². The smallest absolute Gasteiger partial charge is 0.253 e. The summed E-state index contributed by atoms with van der Waals surface area (Å²) >= 11 is 0. The third kappa shape index (κ3) is 3.80. The fourth-order valence-electron chi connectivity index (χ4n) is 3.20. The molecule has 4 rings (SSSR count). The number of aryl methyl sites for hydroxylation is 2. The number of carbonyl (C=O) groups excluding carboxylic acids is 1. The highest BCUT2D eigenvalue weighted by Gasteiger charge is 2.21. The van der Waals surface area contributed by atoms with Crippen molar-refractivity contribution in [1.29, 1.82) is 0 Å². The van der Waals surface area contributed by atoms with Crippen molar-refractivity contribution in [3.8, 4) is 0 Å². The number of imidazole rings is 1. The number of rotatable bonds is 5. The number of aromatic amines is 1. The maximum atomic E-state index is 15.2. The molecule has 0 bridgehead atoms. The van der Waals surface area contributed by atoms with E-state index in [1.54, 1.807) is 18.3 Å². The number of halogens is 1. The minimum Gasteiger partial charge on any atom is -0.352 e. The van der Waals surface area contributed by atoms with Gasteiger partial charge in [-0.05, 0) is 43.7 Å². The van der Waals surface area contributed by atoms with E-state index in [1.165, 1.54) is 6.33 Å². The van der Waals surface area contributed by atoms with E-state index in [2.05, 4.69) is 25.6 Å². The van der Waals surface area contributed by atoms with E-state index in [1.807, 2.05) is 44.2 Å². The summed E-state index contributed by atoms with van der Waals surface area (Å²) in [4.78, 5) is 24.0. The van der Waals surface area contributed by atoms with Gasteiger partial charge in [-0.2, -0.15) is 0 Å². The van der Waals surface area contributed by atoms with Crippen LogP contribution in [-0.4, -0.2) is 20.9 Å². The molecule has 0 saturated heterocycles. The van der Waals surface area contributed by atoms with Gasteiger partial charge in [-0.1, -0.05) is 23.8 Å². The van der Waals surface area contributed by atoms with E-state index in [9.17, 15) is 4.79 Å².